The van der Waals surface area contributed by atoms with Gasteiger partial charge in [-0.2, -0.15) is 0 Å². The molecule has 5 heteroatoms. The first kappa shape index (κ1) is 18.9. The Labute approximate surface area is 168 Å². The number of anilines is 2. The highest BCUT2D eigenvalue weighted by Gasteiger charge is 2.22. The SMILES string of the molecule is Cc1cccc(NC(c2ccc3ccc(N)cc3c2)c2ccc(C)c(F)c2F)n1. The summed E-state index contributed by atoms with van der Waals surface area (Å²) in [6, 6.07) is 19.6. The average molecular weight is 389 g/mol. The molecule has 3 nitrogen and oxygen atoms in total. The van der Waals surface area contributed by atoms with Crippen LogP contribution in [0.1, 0.15) is 28.4 Å². The molecular formula is C24H21F2N3. The van der Waals surface area contributed by atoms with Crippen LogP contribution >= 0.6 is 0 Å². The molecule has 0 aliphatic rings. The Morgan fingerprint density at radius 1 is 0.862 bits per heavy atom. The second-order valence-corrected chi connectivity index (χ2v) is 7.21. The van der Waals surface area contributed by atoms with E-state index in [1.54, 1.807) is 19.1 Å². The number of aryl methyl sites for hydroxylation is 2. The van der Waals surface area contributed by atoms with Crippen LogP contribution < -0.4 is 11.1 Å². The Kier molecular flexibility index (Phi) is 4.89. The van der Waals surface area contributed by atoms with Gasteiger partial charge in [-0.3, -0.25) is 0 Å². The maximum Gasteiger partial charge on any atom is 0.164 e. The summed E-state index contributed by atoms with van der Waals surface area (Å²) in [5, 5.41) is 5.22. The second-order valence-electron chi connectivity index (χ2n) is 7.21. The lowest BCUT2D eigenvalue weighted by Gasteiger charge is -2.22. The molecule has 4 aromatic rings. The summed E-state index contributed by atoms with van der Waals surface area (Å²) in [7, 11) is 0. The van der Waals surface area contributed by atoms with Gasteiger partial charge in [0, 0.05) is 16.9 Å². The molecule has 0 aliphatic heterocycles. The molecule has 0 fully saturated rings. The van der Waals surface area contributed by atoms with Crippen LogP contribution in [-0.4, -0.2) is 4.98 Å². The molecule has 0 saturated heterocycles. The predicted octanol–water partition coefficient (Wildman–Crippen LogP) is 5.91. The number of hydrogen-bond acceptors (Lipinski definition) is 3. The van der Waals surface area contributed by atoms with Crippen molar-refractivity contribution in [1.82, 2.24) is 4.98 Å². The van der Waals surface area contributed by atoms with Crippen LogP contribution in [0.3, 0.4) is 0 Å². The zero-order chi connectivity index (χ0) is 20.5. The van der Waals surface area contributed by atoms with Gasteiger partial charge in [-0.25, -0.2) is 13.8 Å². The highest BCUT2D eigenvalue weighted by Crippen LogP contribution is 2.32. The maximum atomic E-state index is 14.9. The number of nitrogens with two attached hydrogens (primary N) is 1. The Bertz CT molecular complexity index is 1200. The molecule has 0 amide bonds. The van der Waals surface area contributed by atoms with Gasteiger partial charge in [0.1, 0.15) is 5.82 Å². The van der Waals surface area contributed by atoms with Crippen molar-refractivity contribution >= 4 is 22.3 Å². The van der Waals surface area contributed by atoms with Gasteiger partial charge in [0.2, 0.25) is 0 Å². The summed E-state index contributed by atoms with van der Waals surface area (Å²) in [5.74, 6) is -1.11. The molecule has 3 N–H and O–H groups in total. The molecule has 3 aromatic carbocycles. The van der Waals surface area contributed by atoms with Gasteiger partial charge in [-0.1, -0.05) is 36.4 Å². The minimum absolute atomic E-state index is 0.222. The number of nitrogens with one attached hydrogen (secondary N) is 1. The number of hydrogen-bond donors (Lipinski definition) is 2. The minimum Gasteiger partial charge on any atom is -0.399 e. The molecule has 4 rings (SSSR count). The Hall–Kier alpha value is -3.47. The third kappa shape index (κ3) is 3.76. The third-order valence-electron chi connectivity index (χ3n) is 5.02. The van der Waals surface area contributed by atoms with Gasteiger partial charge in [0.15, 0.2) is 11.6 Å². The summed E-state index contributed by atoms with van der Waals surface area (Å²) in [6.07, 6.45) is 0. The van der Waals surface area contributed by atoms with Crippen molar-refractivity contribution in [2.75, 3.05) is 11.1 Å². The van der Waals surface area contributed by atoms with Gasteiger partial charge in [0.05, 0.1) is 6.04 Å². The van der Waals surface area contributed by atoms with Crippen LogP contribution in [0.4, 0.5) is 20.3 Å². The summed E-state index contributed by atoms with van der Waals surface area (Å²) < 4.78 is 29.2. The van der Waals surface area contributed by atoms with E-state index in [-0.39, 0.29) is 11.1 Å². The molecule has 0 saturated carbocycles. The number of nitrogen functional groups attached to an aromatic ring is 1. The van der Waals surface area contributed by atoms with E-state index in [1.807, 2.05) is 61.5 Å². The zero-order valence-corrected chi connectivity index (χ0v) is 16.2. The summed E-state index contributed by atoms with van der Waals surface area (Å²) in [5.41, 5.74) is 8.68. The number of benzene rings is 3. The van der Waals surface area contributed by atoms with Crippen molar-refractivity contribution in [3.05, 3.63) is 101 Å². The number of nitrogens with zero attached hydrogens (tertiary/aromatic N) is 1. The Morgan fingerprint density at radius 2 is 1.66 bits per heavy atom. The zero-order valence-electron chi connectivity index (χ0n) is 16.2. The van der Waals surface area contributed by atoms with Crippen LogP contribution in [0.2, 0.25) is 0 Å². The number of fused-ring (bicyclic) bond motifs is 1. The lowest BCUT2D eigenvalue weighted by molar-refractivity contribution is 0.491. The van der Waals surface area contributed by atoms with Crippen molar-refractivity contribution in [1.29, 1.82) is 0 Å². The van der Waals surface area contributed by atoms with Crippen LogP contribution in [0.5, 0.6) is 0 Å². The van der Waals surface area contributed by atoms with E-state index in [0.29, 0.717) is 11.5 Å². The van der Waals surface area contributed by atoms with Crippen molar-refractivity contribution in [3.8, 4) is 0 Å². The fraction of sp³-hybridized carbons (Fsp3) is 0.125. The molecule has 1 atom stereocenters. The normalized spacial score (nSPS) is 12.1. The molecule has 1 unspecified atom stereocenters. The lowest BCUT2D eigenvalue weighted by atomic mass is 9.94. The van der Waals surface area contributed by atoms with Crippen LogP contribution in [-0.2, 0) is 0 Å². The molecule has 1 aromatic heterocycles. The maximum absolute atomic E-state index is 14.9. The van der Waals surface area contributed by atoms with Gasteiger partial charge < -0.3 is 11.1 Å². The largest absolute Gasteiger partial charge is 0.399 e. The Morgan fingerprint density at radius 3 is 2.45 bits per heavy atom. The van der Waals surface area contributed by atoms with Crippen molar-refractivity contribution in [3.63, 3.8) is 0 Å². The van der Waals surface area contributed by atoms with E-state index in [9.17, 15) is 8.78 Å². The molecule has 0 aliphatic carbocycles. The smallest absolute Gasteiger partial charge is 0.164 e. The summed E-state index contributed by atoms with van der Waals surface area (Å²) >= 11 is 0. The van der Waals surface area contributed by atoms with Crippen molar-refractivity contribution in [2.45, 2.75) is 19.9 Å². The second kappa shape index (κ2) is 7.51. The van der Waals surface area contributed by atoms with Crippen LogP contribution in [0.25, 0.3) is 10.8 Å². The molecule has 146 valence electrons. The Balaban J connectivity index is 1.87. The first-order valence-corrected chi connectivity index (χ1v) is 9.36. The quantitative estimate of drug-likeness (QED) is 0.426. The molecule has 0 spiro atoms. The molecule has 29 heavy (non-hydrogen) atoms. The topological polar surface area (TPSA) is 50.9 Å². The summed E-state index contributed by atoms with van der Waals surface area (Å²) in [6.45, 7) is 3.43. The van der Waals surface area contributed by atoms with Crippen molar-refractivity contribution in [2.24, 2.45) is 0 Å². The standard InChI is InChI=1S/C24H21F2N3/c1-14-6-11-20(23(26)22(14)25)24(29-21-5-3-4-15(2)28-21)17-8-7-16-9-10-19(27)13-18(16)12-17/h3-13,24H,27H2,1-2H3,(H,28,29). The van der Waals surface area contributed by atoms with Gasteiger partial charge in [0.25, 0.3) is 0 Å². The van der Waals surface area contributed by atoms with Crippen LogP contribution in [0, 0.1) is 25.5 Å². The third-order valence-corrected chi connectivity index (χ3v) is 5.02. The molecule has 1 heterocycles. The van der Waals surface area contributed by atoms with Gasteiger partial charge >= 0.3 is 0 Å². The first-order chi connectivity index (χ1) is 13.9. The van der Waals surface area contributed by atoms with E-state index in [2.05, 4.69) is 10.3 Å². The number of aromatic nitrogens is 1. The van der Waals surface area contributed by atoms with Gasteiger partial charge in [-0.05, 0) is 66.1 Å². The molecule has 0 bridgehead atoms. The van der Waals surface area contributed by atoms with E-state index >= 15 is 0 Å². The predicted molar refractivity (Wildman–Crippen MR) is 114 cm³/mol. The fourth-order valence-electron chi connectivity index (χ4n) is 3.46. The lowest BCUT2D eigenvalue weighted by Crippen LogP contribution is -2.16. The molecular weight excluding hydrogens is 368 g/mol. The van der Waals surface area contributed by atoms with E-state index in [1.165, 1.54) is 0 Å². The summed E-state index contributed by atoms with van der Waals surface area (Å²) in [4.78, 5) is 4.46. The number of halogens is 2. The monoisotopic (exact) mass is 389 g/mol. The first-order valence-electron chi connectivity index (χ1n) is 9.36. The van der Waals surface area contributed by atoms with E-state index in [4.69, 9.17) is 5.73 Å². The average Bonchev–Trinajstić information content (AvgIpc) is 2.70. The van der Waals surface area contributed by atoms with E-state index in [0.717, 1.165) is 22.0 Å². The number of pyridine rings is 1. The highest BCUT2D eigenvalue weighted by atomic mass is 19.2. The van der Waals surface area contributed by atoms with E-state index < -0.39 is 17.7 Å². The number of rotatable bonds is 4. The van der Waals surface area contributed by atoms with Crippen LogP contribution in [0.15, 0.2) is 66.7 Å². The highest BCUT2D eigenvalue weighted by molar-refractivity contribution is 5.86. The van der Waals surface area contributed by atoms with Gasteiger partial charge in [-0.15, -0.1) is 0 Å². The fourth-order valence-corrected chi connectivity index (χ4v) is 3.46. The minimum atomic E-state index is -0.858. The van der Waals surface area contributed by atoms with Crippen molar-refractivity contribution < 1.29 is 8.78 Å². The molecule has 0 radical (unpaired) electrons.